The van der Waals surface area contributed by atoms with Crippen LogP contribution in [0.2, 0.25) is 0 Å². The van der Waals surface area contributed by atoms with Gasteiger partial charge in [-0.15, -0.1) is 0 Å². The lowest BCUT2D eigenvalue weighted by Crippen LogP contribution is -2.48. The molecule has 21 heavy (non-hydrogen) atoms. The summed E-state index contributed by atoms with van der Waals surface area (Å²) in [5.74, 6) is -2.47. The van der Waals surface area contributed by atoms with E-state index >= 15 is 0 Å². The van der Waals surface area contributed by atoms with Crippen molar-refractivity contribution in [2.45, 2.75) is 12.5 Å². The first-order valence-corrected chi connectivity index (χ1v) is 6.78. The maximum atomic E-state index is 11.7. The molecule has 1 rings (SSSR count). The molecule has 7 nitrogen and oxygen atoms in total. The number of carbonyl (C=O) groups is 3. The summed E-state index contributed by atoms with van der Waals surface area (Å²) < 4.78 is 0.827. The van der Waals surface area contributed by atoms with Crippen molar-refractivity contribution < 1.29 is 24.6 Å². The molecule has 114 valence electrons. The fourth-order valence-electron chi connectivity index (χ4n) is 1.27. The predicted octanol–water partition coefficient (Wildman–Crippen LogP) is 0.131. The number of hydrogen-bond donors (Lipinski definition) is 4. The zero-order chi connectivity index (χ0) is 16.0. The summed E-state index contributed by atoms with van der Waals surface area (Å²) in [6, 6.07) is 6.57. The van der Waals surface area contributed by atoms with Crippen LogP contribution in [-0.2, 0) is 9.59 Å². The van der Waals surface area contributed by atoms with E-state index in [9.17, 15) is 19.5 Å². The van der Waals surface area contributed by atoms with Gasteiger partial charge in [0.25, 0.3) is 5.91 Å². The topological polar surface area (TPSA) is 116 Å². The van der Waals surface area contributed by atoms with E-state index in [2.05, 4.69) is 26.6 Å². The molecule has 0 heterocycles. The summed E-state index contributed by atoms with van der Waals surface area (Å²) in [6.45, 7) is 0.302. The van der Waals surface area contributed by atoms with Gasteiger partial charge < -0.3 is 20.8 Å². The standard InChI is InChI=1S/C13H15BrN2O5/c1-13(21,12(19)20)7-16-10(17)6-15-11(18)8-2-4-9(14)5-3-8/h2-5,21H,6-7H2,1H3,(H,15,18)(H,16,17)(H,19,20). The van der Waals surface area contributed by atoms with Crippen molar-refractivity contribution in [2.24, 2.45) is 0 Å². The molecule has 0 radical (unpaired) electrons. The average Bonchev–Trinajstić information content (AvgIpc) is 2.43. The monoisotopic (exact) mass is 358 g/mol. The van der Waals surface area contributed by atoms with Gasteiger partial charge in [-0.25, -0.2) is 4.79 Å². The molecule has 0 saturated heterocycles. The highest BCUT2D eigenvalue weighted by Crippen LogP contribution is 2.10. The first-order valence-electron chi connectivity index (χ1n) is 5.98. The van der Waals surface area contributed by atoms with Gasteiger partial charge in [-0.1, -0.05) is 15.9 Å². The van der Waals surface area contributed by atoms with Crippen molar-refractivity contribution in [3.8, 4) is 0 Å². The van der Waals surface area contributed by atoms with Crippen LogP contribution in [0.15, 0.2) is 28.7 Å². The van der Waals surface area contributed by atoms with Crippen LogP contribution in [0.1, 0.15) is 17.3 Å². The van der Waals surface area contributed by atoms with Crippen molar-refractivity contribution in [3.63, 3.8) is 0 Å². The number of nitrogens with one attached hydrogen (secondary N) is 2. The number of benzene rings is 1. The Hall–Kier alpha value is -1.93. The Kier molecular flexibility index (Phi) is 5.86. The second-order valence-corrected chi connectivity index (χ2v) is 5.46. The lowest BCUT2D eigenvalue weighted by Gasteiger charge is -2.18. The van der Waals surface area contributed by atoms with Gasteiger partial charge in [0.1, 0.15) is 0 Å². The molecular formula is C13H15BrN2O5. The number of carboxylic acids is 1. The minimum absolute atomic E-state index is 0.315. The fourth-order valence-corrected chi connectivity index (χ4v) is 1.54. The number of carbonyl (C=O) groups excluding carboxylic acids is 2. The largest absolute Gasteiger partial charge is 0.479 e. The average molecular weight is 359 g/mol. The Balaban J connectivity index is 2.41. The zero-order valence-corrected chi connectivity index (χ0v) is 12.8. The number of halogens is 1. The van der Waals surface area contributed by atoms with Crippen LogP contribution in [0.25, 0.3) is 0 Å². The van der Waals surface area contributed by atoms with Gasteiger partial charge in [0.15, 0.2) is 5.60 Å². The molecule has 1 unspecified atom stereocenters. The number of rotatable bonds is 6. The highest BCUT2D eigenvalue weighted by atomic mass is 79.9. The van der Waals surface area contributed by atoms with Crippen LogP contribution in [0, 0.1) is 0 Å². The molecule has 1 aromatic rings. The molecule has 0 aliphatic carbocycles. The molecule has 0 aromatic heterocycles. The van der Waals surface area contributed by atoms with E-state index in [0.29, 0.717) is 5.56 Å². The minimum Gasteiger partial charge on any atom is -0.479 e. The third-order valence-electron chi connectivity index (χ3n) is 2.61. The maximum Gasteiger partial charge on any atom is 0.337 e. The van der Waals surface area contributed by atoms with Crippen LogP contribution in [0.4, 0.5) is 0 Å². The summed E-state index contributed by atoms with van der Waals surface area (Å²) in [4.78, 5) is 33.8. The predicted molar refractivity (Wildman–Crippen MR) is 77.7 cm³/mol. The van der Waals surface area contributed by atoms with Gasteiger partial charge in [0, 0.05) is 10.0 Å². The Morgan fingerprint density at radius 3 is 2.29 bits per heavy atom. The molecular weight excluding hydrogens is 344 g/mol. The van der Waals surface area contributed by atoms with Crippen LogP contribution in [0.5, 0.6) is 0 Å². The Labute approximate surface area is 129 Å². The van der Waals surface area contributed by atoms with Gasteiger partial charge in [-0.2, -0.15) is 0 Å². The molecule has 0 saturated carbocycles. The SMILES string of the molecule is CC(O)(CNC(=O)CNC(=O)c1ccc(Br)cc1)C(=O)O. The van der Waals surface area contributed by atoms with Crippen molar-refractivity contribution in [1.29, 1.82) is 0 Å². The highest BCUT2D eigenvalue weighted by Gasteiger charge is 2.30. The van der Waals surface area contributed by atoms with Gasteiger partial charge in [0.2, 0.25) is 5.91 Å². The number of aliphatic carboxylic acids is 1. The van der Waals surface area contributed by atoms with Crippen LogP contribution >= 0.6 is 15.9 Å². The quantitative estimate of drug-likeness (QED) is 0.576. The number of aliphatic hydroxyl groups is 1. The zero-order valence-electron chi connectivity index (χ0n) is 11.2. The smallest absolute Gasteiger partial charge is 0.337 e. The van der Waals surface area contributed by atoms with Crippen LogP contribution < -0.4 is 10.6 Å². The number of carboxylic acid groups (broad SMARTS) is 1. The molecule has 1 atom stereocenters. The summed E-state index contributed by atoms with van der Waals surface area (Å²) in [5, 5.41) is 22.7. The second-order valence-electron chi connectivity index (χ2n) is 4.55. The first-order chi connectivity index (χ1) is 9.72. The molecule has 1 aromatic carbocycles. The lowest BCUT2D eigenvalue weighted by molar-refractivity contribution is -0.156. The normalized spacial score (nSPS) is 13.1. The molecule has 0 bridgehead atoms. The molecule has 8 heteroatoms. The Morgan fingerprint density at radius 1 is 1.19 bits per heavy atom. The van der Waals surface area contributed by atoms with E-state index in [4.69, 9.17) is 5.11 Å². The summed E-state index contributed by atoms with van der Waals surface area (Å²) in [5.41, 5.74) is -1.66. The van der Waals surface area contributed by atoms with E-state index in [1.165, 1.54) is 0 Å². The van der Waals surface area contributed by atoms with E-state index in [1.54, 1.807) is 24.3 Å². The van der Waals surface area contributed by atoms with Crippen LogP contribution in [-0.4, -0.2) is 46.7 Å². The van der Waals surface area contributed by atoms with E-state index in [-0.39, 0.29) is 6.54 Å². The molecule has 0 aliphatic rings. The molecule has 0 spiro atoms. The number of hydrogen-bond acceptors (Lipinski definition) is 4. The van der Waals surface area contributed by atoms with Gasteiger partial charge in [0.05, 0.1) is 13.1 Å². The van der Waals surface area contributed by atoms with E-state index in [1.807, 2.05) is 0 Å². The molecule has 4 N–H and O–H groups in total. The molecule has 2 amide bonds. The van der Waals surface area contributed by atoms with Crippen molar-refractivity contribution in [3.05, 3.63) is 34.3 Å². The summed E-state index contributed by atoms with van der Waals surface area (Å²) >= 11 is 3.24. The molecule has 0 fully saturated rings. The van der Waals surface area contributed by atoms with Gasteiger partial charge >= 0.3 is 5.97 Å². The third-order valence-corrected chi connectivity index (χ3v) is 3.14. The van der Waals surface area contributed by atoms with Crippen molar-refractivity contribution in [2.75, 3.05) is 13.1 Å². The van der Waals surface area contributed by atoms with Crippen molar-refractivity contribution in [1.82, 2.24) is 10.6 Å². The third kappa shape index (κ3) is 5.52. The van der Waals surface area contributed by atoms with Gasteiger partial charge in [-0.3, -0.25) is 9.59 Å². The molecule has 0 aliphatic heterocycles. The lowest BCUT2D eigenvalue weighted by atomic mass is 10.1. The van der Waals surface area contributed by atoms with Gasteiger partial charge in [-0.05, 0) is 31.2 Å². The number of amides is 2. The van der Waals surface area contributed by atoms with Crippen molar-refractivity contribution >= 4 is 33.7 Å². The highest BCUT2D eigenvalue weighted by molar-refractivity contribution is 9.10. The van der Waals surface area contributed by atoms with E-state index < -0.39 is 29.9 Å². The minimum atomic E-state index is -2.05. The van der Waals surface area contributed by atoms with E-state index in [0.717, 1.165) is 11.4 Å². The first kappa shape index (κ1) is 17.1. The Morgan fingerprint density at radius 2 is 1.76 bits per heavy atom. The Bertz CT molecular complexity index is 542. The summed E-state index contributed by atoms with van der Waals surface area (Å²) in [6.07, 6.45) is 0. The van der Waals surface area contributed by atoms with Crippen LogP contribution in [0.3, 0.4) is 0 Å². The fraction of sp³-hybridized carbons (Fsp3) is 0.308. The maximum absolute atomic E-state index is 11.7. The second kappa shape index (κ2) is 7.19. The summed E-state index contributed by atoms with van der Waals surface area (Å²) in [7, 11) is 0.